The predicted molar refractivity (Wildman–Crippen MR) is 93.2 cm³/mol. The van der Waals surface area contributed by atoms with Gasteiger partial charge in [0.1, 0.15) is 5.75 Å². The first-order valence-corrected chi connectivity index (χ1v) is 8.26. The number of hydrogen-bond acceptors (Lipinski definition) is 4. The Kier molecular flexibility index (Phi) is 6.41. The maximum absolute atomic E-state index is 12.3. The van der Waals surface area contributed by atoms with Gasteiger partial charge in [0.15, 0.2) is 5.69 Å². The number of carboxylic acid groups (broad SMARTS) is 1. The van der Waals surface area contributed by atoms with Crippen molar-refractivity contribution < 1.29 is 19.4 Å². The van der Waals surface area contributed by atoms with Crippen LogP contribution in [0.4, 0.5) is 0 Å². The number of carbonyl (C=O) groups is 2. The van der Waals surface area contributed by atoms with E-state index < -0.39 is 11.9 Å². The fraction of sp³-hybridized carbons (Fsp3) is 0.353. The van der Waals surface area contributed by atoms with Crippen molar-refractivity contribution in [3.8, 4) is 5.75 Å². The van der Waals surface area contributed by atoms with Gasteiger partial charge in [-0.3, -0.25) is 9.48 Å². The summed E-state index contributed by atoms with van der Waals surface area (Å²) in [6.07, 6.45) is 3.38. The van der Waals surface area contributed by atoms with Crippen LogP contribution in [0.25, 0.3) is 0 Å². The van der Waals surface area contributed by atoms with Crippen molar-refractivity contribution in [2.75, 3.05) is 6.61 Å². The number of amides is 1. The lowest BCUT2D eigenvalue weighted by atomic mass is 10.2. The number of unbranched alkanes of at least 4 members (excludes halogenated alkanes) is 1. The molecule has 0 radical (unpaired) electrons. The zero-order chi connectivity index (χ0) is 18.4. The minimum atomic E-state index is -1.10. The average molecular weight is 366 g/mol. The minimum Gasteiger partial charge on any atom is -0.494 e. The first-order valence-electron chi connectivity index (χ1n) is 7.88. The van der Waals surface area contributed by atoms with E-state index in [0.29, 0.717) is 23.5 Å². The lowest BCUT2D eigenvalue weighted by Crippen LogP contribution is -2.24. The molecule has 0 saturated carbocycles. The highest BCUT2D eigenvalue weighted by atomic mass is 35.5. The van der Waals surface area contributed by atoms with Crippen molar-refractivity contribution in [2.24, 2.45) is 7.05 Å². The molecule has 2 aromatic rings. The normalized spacial score (nSPS) is 10.5. The lowest BCUT2D eigenvalue weighted by Gasteiger charge is -2.09. The molecule has 0 aliphatic rings. The Morgan fingerprint density at radius 2 is 2.16 bits per heavy atom. The van der Waals surface area contributed by atoms with Gasteiger partial charge in [-0.2, -0.15) is 5.10 Å². The Morgan fingerprint density at radius 1 is 1.40 bits per heavy atom. The number of nitrogens with zero attached hydrogens (tertiary/aromatic N) is 2. The molecule has 0 spiro atoms. The number of aryl methyl sites for hydroxylation is 1. The van der Waals surface area contributed by atoms with Crippen molar-refractivity contribution in [2.45, 2.75) is 26.3 Å². The average Bonchev–Trinajstić information content (AvgIpc) is 2.94. The molecule has 0 atom stereocenters. The second kappa shape index (κ2) is 8.53. The molecule has 7 nitrogen and oxygen atoms in total. The molecule has 134 valence electrons. The lowest BCUT2D eigenvalue weighted by molar-refractivity contribution is 0.0682. The summed E-state index contributed by atoms with van der Waals surface area (Å²) in [6, 6.07) is 4.86. The van der Waals surface area contributed by atoms with Crippen molar-refractivity contribution in [3.05, 3.63) is 46.2 Å². The van der Waals surface area contributed by atoms with E-state index in [9.17, 15) is 14.7 Å². The number of rotatable bonds is 8. The Labute approximate surface area is 150 Å². The highest BCUT2D eigenvalue weighted by Gasteiger charge is 2.17. The molecule has 0 aliphatic heterocycles. The minimum absolute atomic E-state index is 0.0334. The number of aromatic nitrogens is 2. The van der Waals surface area contributed by atoms with Crippen LogP contribution in [0, 0.1) is 0 Å². The van der Waals surface area contributed by atoms with Gasteiger partial charge in [0.05, 0.1) is 23.4 Å². The number of aromatic carboxylic acids is 1. The summed E-state index contributed by atoms with van der Waals surface area (Å²) in [5, 5.41) is 16.0. The Hall–Kier alpha value is -2.54. The third-order valence-electron chi connectivity index (χ3n) is 3.61. The molecule has 0 bridgehead atoms. The van der Waals surface area contributed by atoms with E-state index >= 15 is 0 Å². The van der Waals surface area contributed by atoms with Crippen LogP contribution in [0.15, 0.2) is 24.4 Å². The Morgan fingerprint density at radius 3 is 2.80 bits per heavy atom. The number of carboxylic acids is 1. The molecule has 25 heavy (non-hydrogen) atoms. The van der Waals surface area contributed by atoms with E-state index in [1.165, 1.54) is 17.9 Å². The molecular weight excluding hydrogens is 346 g/mol. The Bertz CT molecular complexity index is 773. The zero-order valence-corrected chi connectivity index (χ0v) is 14.8. The van der Waals surface area contributed by atoms with Crippen molar-refractivity contribution in [3.63, 3.8) is 0 Å². The third-order valence-corrected chi connectivity index (χ3v) is 3.92. The number of hydrogen-bond donors (Lipinski definition) is 2. The second-order valence-corrected chi connectivity index (χ2v) is 5.88. The van der Waals surface area contributed by atoms with Crippen LogP contribution < -0.4 is 10.1 Å². The number of ether oxygens (including phenoxy) is 1. The van der Waals surface area contributed by atoms with Gasteiger partial charge in [0.2, 0.25) is 0 Å². The fourth-order valence-electron chi connectivity index (χ4n) is 2.26. The maximum Gasteiger partial charge on any atom is 0.354 e. The van der Waals surface area contributed by atoms with Crippen LogP contribution in [0.1, 0.15) is 46.2 Å². The van der Waals surface area contributed by atoms with Gasteiger partial charge in [0, 0.05) is 19.2 Å². The highest BCUT2D eigenvalue weighted by Crippen LogP contribution is 2.23. The molecule has 0 fully saturated rings. The fourth-order valence-corrected chi connectivity index (χ4v) is 2.52. The first kappa shape index (κ1) is 18.8. The number of nitrogens with one attached hydrogen (secondary N) is 1. The predicted octanol–water partition coefficient (Wildman–Crippen LogP) is 2.88. The quantitative estimate of drug-likeness (QED) is 0.701. The van der Waals surface area contributed by atoms with E-state index in [2.05, 4.69) is 17.3 Å². The van der Waals surface area contributed by atoms with Gasteiger partial charge in [-0.05, 0) is 24.6 Å². The first-order chi connectivity index (χ1) is 11.9. The smallest absolute Gasteiger partial charge is 0.354 e. The van der Waals surface area contributed by atoms with E-state index in [1.54, 1.807) is 18.2 Å². The number of carbonyl (C=O) groups excluding carboxylic acids is 1. The van der Waals surface area contributed by atoms with Crippen LogP contribution in [0.3, 0.4) is 0 Å². The van der Waals surface area contributed by atoms with Gasteiger partial charge in [0.25, 0.3) is 5.91 Å². The van der Waals surface area contributed by atoms with Gasteiger partial charge in [-0.15, -0.1) is 0 Å². The van der Waals surface area contributed by atoms with Crippen molar-refractivity contribution >= 4 is 23.5 Å². The molecule has 0 aliphatic carbocycles. The molecule has 8 heteroatoms. The Balaban J connectivity index is 2.03. The van der Waals surface area contributed by atoms with E-state index in [0.717, 1.165) is 12.8 Å². The van der Waals surface area contributed by atoms with Gasteiger partial charge in [-0.25, -0.2) is 4.79 Å². The SMILES string of the molecule is CCCCOc1ccc(C(=O)NCc2cnn(C)c2C(=O)O)c(Cl)c1. The molecule has 2 rings (SSSR count). The highest BCUT2D eigenvalue weighted by molar-refractivity contribution is 6.34. The van der Waals surface area contributed by atoms with E-state index in [1.807, 2.05) is 0 Å². The standard InChI is InChI=1S/C17H20ClN3O4/c1-3-4-7-25-12-5-6-13(14(18)8-12)16(22)19-9-11-10-20-21(2)15(11)17(23)24/h5-6,8,10H,3-4,7,9H2,1-2H3,(H,19,22)(H,23,24). The molecule has 0 saturated heterocycles. The van der Waals surface area contributed by atoms with Crippen LogP contribution in [0.2, 0.25) is 5.02 Å². The summed E-state index contributed by atoms with van der Waals surface area (Å²) in [5.41, 5.74) is 0.746. The number of halogens is 1. The summed E-state index contributed by atoms with van der Waals surface area (Å²) < 4.78 is 6.79. The summed E-state index contributed by atoms with van der Waals surface area (Å²) >= 11 is 6.15. The van der Waals surface area contributed by atoms with E-state index in [-0.39, 0.29) is 17.3 Å². The van der Waals surface area contributed by atoms with Gasteiger partial charge in [-0.1, -0.05) is 24.9 Å². The molecule has 1 aromatic carbocycles. The number of benzene rings is 1. The van der Waals surface area contributed by atoms with Crippen molar-refractivity contribution in [1.29, 1.82) is 0 Å². The molecule has 2 N–H and O–H groups in total. The van der Waals surface area contributed by atoms with Crippen LogP contribution >= 0.6 is 11.6 Å². The van der Waals surface area contributed by atoms with Crippen LogP contribution in [-0.2, 0) is 13.6 Å². The van der Waals surface area contributed by atoms with Crippen LogP contribution in [-0.4, -0.2) is 33.4 Å². The molecular formula is C17H20ClN3O4. The summed E-state index contributed by atoms with van der Waals surface area (Å²) in [4.78, 5) is 23.5. The van der Waals surface area contributed by atoms with Crippen molar-refractivity contribution in [1.82, 2.24) is 15.1 Å². The third kappa shape index (κ3) is 4.73. The van der Waals surface area contributed by atoms with E-state index in [4.69, 9.17) is 16.3 Å². The molecule has 0 unspecified atom stereocenters. The van der Waals surface area contributed by atoms with Crippen LogP contribution in [0.5, 0.6) is 5.75 Å². The largest absolute Gasteiger partial charge is 0.494 e. The summed E-state index contributed by atoms with van der Waals surface area (Å²) in [5.74, 6) is -0.892. The van der Waals surface area contributed by atoms with Gasteiger partial charge < -0.3 is 15.2 Å². The second-order valence-electron chi connectivity index (χ2n) is 5.47. The summed E-state index contributed by atoms with van der Waals surface area (Å²) in [7, 11) is 1.53. The van der Waals surface area contributed by atoms with Gasteiger partial charge >= 0.3 is 5.97 Å². The molecule has 1 heterocycles. The maximum atomic E-state index is 12.3. The summed E-state index contributed by atoms with van der Waals surface area (Å²) in [6.45, 7) is 2.71. The zero-order valence-electron chi connectivity index (χ0n) is 14.1. The topological polar surface area (TPSA) is 93.5 Å². The monoisotopic (exact) mass is 365 g/mol. The molecule has 1 amide bonds. The molecule has 1 aromatic heterocycles.